The van der Waals surface area contributed by atoms with Crippen molar-refractivity contribution in [1.29, 1.82) is 0 Å². The number of aromatic nitrogens is 1. The van der Waals surface area contributed by atoms with Crippen molar-refractivity contribution >= 4 is 21.6 Å². The smallest absolute Gasteiger partial charge is 0.243 e. The lowest BCUT2D eigenvalue weighted by Gasteiger charge is -2.21. The Balaban J connectivity index is 2.88. The number of hydrogen-bond donors (Lipinski definition) is 2. The molecule has 0 saturated heterocycles. The molecule has 0 radical (unpaired) electrons. The highest BCUT2D eigenvalue weighted by molar-refractivity contribution is 7.89. The first-order chi connectivity index (χ1) is 7.78. The van der Waals surface area contributed by atoms with Crippen molar-refractivity contribution in [1.82, 2.24) is 9.71 Å². The van der Waals surface area contributed by atoms with Gasteiger partial charge in [-0.25, -0.2) is 13.1 Å². The molecule has 0 fully saturated rings. The van der Waals surface area contributed by atoms with Crippen LogP contribution in [-0.4, -0.2) is 31.7 Å². The second-order valence-electron chi connectivity index (χ2n) is 4.45. The maximum Gasteiger partial charge on any atom is 0.243 e. The van der Waals surface area contributed by atoms with E-state index in [9.17, 15) is 8.42 Å². The zero-order valence-corrected chi connectivity index (χ0v) is 11.2. The van der Waals surface area contributed by atoms with E-state index in [1.807, 2.05) is 0 Å². The lowest BCUT2D eigenvalue weighted by molar-refractivity contribution is 0.163. The largest absolute Gasteiger partial charge is 0.396 e. The van der Waals surface area contributed by atoms with Gasteiger partial charge in [0.05, 0.1) is 5.02 Å². The second-order valence-corrected chi connectivity index (χ2v) is 6.60. The summed E-state index contributed by atoms with van der Waals surface area (Å²) in [7, 11) is -3.69. The van der Waals surface area contributed by atoms with Crippen molar-refractivity contribution in [3.05, 3.63) is 23.5 Å². The lowest BCUT2D eigenvalue weighted by atomic mass is 9.96. The van der Waals surface area contributed by atoms with Gasteiger partial charge in [-0.15, -0.1) is 0 Å². The molecule has 5 nitrogen and oxygen atoms in total. The molecule has 0 aliphatic carbocycles. The first-order valence-corrected chi connectivity index (χ1v) is 6.85. The van der Waals surface area contributed by atoms with Crippen LogP contribution in [0.5, 0.6) is 0 Å². The zero-order chi connectivity index (χ0) is 13.1. The maximum absolute atomic E-state index is 11.9. The van der Waals surface area contributed by atoms with Crippen molar-refractivity contribution in [3.63, 3.8) is 0 Å². The minimum Gasteiger partial charge on any atom is -0.396 e. The van der Waals surface area contributed by atoms with Gasteiger partial charge < -0.3 is 5.11 Å². The molecule has 0 spiro atoms. The summed E-state index contributed by atoms with van der Waals surface area (Å²) in [5.74, 6) is 0. The molecule has 0 aromatic carbocycles. The molecule has 0 aliphatic heterocycles. The minimum atomic E-state index is -3.69. The molecule has 1 rings (SSSR count). The minimum absolute atomic E-state index is 0.0598. The summed E-state index contributed by atoms with van der Waals surface area (Å²) in [6, 6.07) is 1.41. The van der Waals surface area contributed by atoms with Gasteiger partial charge in [-0.3, -0.25) is 4.98 Å². The predicted molar refractivity (Wildman–Crippen MR) is 65.3 cm³/mol. The topological polar surface area (TPSA) is 79.3 Å². The molecule has 2 N–H and O–H groups in total. The number of halogens is 1. The third-order valence-corrected chi connectivity index (χ3v) is 4.06. The molecule has 1 aromatic heterocycles. The van der Waals surface area contributed by atoms with E-state index in [-0.39, 0.29) is 23.1 Å². The first-order valence-electron chi connectivity index (χ1n) is 4.98. The molecular formula is C10H15ClN2O3S. The number of aliphatic hydroxyl groups is 1. The molecule has 1 heterocycles. The van der Waals surface area contributed by atoms with Gasteiger partial charge in [-0.1, -0.05) is 25.4 Å². The molecule has 0 saturated carbocycles. The number of pyridine rings is 1. The molecule has 1 aromatic rings. The van der Waals surface area contributed by atoms with Crippen molar-refractivity contribution in [2.75, 3.05) is 13.2 Å². The quantitative estimate of drug-likeness (QED) is 0.843. The molecule has 0 atom stereocenters. The molecule has 7 heteroatoms. The Bertz CT molecular complexity index is 488. The molecular weight excluding hydrogens is 264 g/mol. The van der Waals surface area contributed by atoms with Crippen LogP contribution in [0.4, 0.5) is 0 Å². The van der Waals surface area contributed by atoms with Gasteiger partial charge in [0.15, 0.2) is 0 Å². The third-order valence-electron chi connectivity index (χ3n) is 2.19. The summed E-state index contributed by atoms with van der Waals surface area (Å²) < 4.78 is 26.2. The van der Waals surface area contributed by atoms with E-state index in [0.717, 1.165) is 0 Å². The van der Waals surface area contributed by atoms with Crippen LogP contribution in [0.15, 0.2) is 23.4 Å². The van der Waals surface area contributed by atoms with E-state index >= 15 is 0 Å². The van der Waals surface area contributed by atoms with Gasteiger partial charge in [0, 0.05) is 31.0 Å². The van der Waals surface area contributed by atoms with E-state index in [1.54, 1.807) is 13.8 Å². The molecule has 0 unspecified atom stereocenters. The highest BCUT2D eigenvalue weighted by atomic mass is 35.5. The normalized spacial score (nSPS) is 12.7. The molecule has 17 heavy (non-hydrogen) atoms. The first kappa shape index (κ1) is 14.4. The Morgan fingerprint density at radius 3 is 2.71 bits per heavy atom. The Morgan fingerprint density at radius 2 is 2.18 bits per heavy atom. The summed E-state index contributed by atoms with van der Waals surface area (Å²) in [4.78, 5) is 3.66. The molecule has 0 amide bonds. The number of aliphatic hydroxyl groups excluding tert-OH is 1. The van der Waals surface area contributed by atoms with Crippen LogP contribution in [0.25, 0.3) is 0 Å². The van der Waals surface area contributed by atoms with Crippen molar-refractivity contribution in [2.24, 2.45) is 5.41 Å². The standard InChI is InChI=1S/C10H15ClN2O3S/c1-10(2,7-14)6-13-17(15,16)9-5-12-4-3-8(9)11/h3-5,13-14H,6-7H2,1-2H3. The molecule has 0 bridgehead atoms. The summed E-state index contributed by atoms with van der Waals surface area (Å²) in [5.41, 5.74) is -0.526. The average Bonchev–Trinajstić information content (AvgIpc) is 2.27. The van der Waals surface area contributed by atoms with Crippen molar-refractivity contribution in [3.8, 4) is 0 Å². The Labute approximate surface area is 106 Å². The average molecular weight is 279 g/mol. The fourth-order valence-corrected chi connectivity index (χ4v) is 2.66. The maximum atomic E-state index is 11.9. The van der Waals surface area contributed by atoms with Gasteiger partial charge in [0.2, 0.25) is 10.0 Å². The van der Waals surface area contributed by atoms with Crippen LogP contribution in [0, 0.1) is 5.41 Å². The Hall–Kier alpha value is -0.690. The van der Waals surface area contributed by atoms with Crippen molar-refractivity contribution in [2.45, 2.75) is 18.7 Å². The highest BCUT2D eigenvalue weighted by Gasteiger charge is 2.23. The van der Waals surface area contributed by atoms with Crippen LogP contribution in [0.2, 0.25) is 5.02 Å². The van der Waals surface area contributed by atoms with Crippen molar-refractivity contribution < 1.29 is 13.5 Å². The summed E-state index contributed by atoms with van der Waals surface area (Å²) in [6.45, 7) is 3.51. The van der Waals surface area contributed by atoms with Crippen LogP contribution in [-0.2, 0) is 10.0 Å². The number of nitrogens with one attached hydrogen (secondary N) is 1. The zero-order valence-electron chi connectivity index (χ0n) is 9.64. The highest BCUT2D eigenvalue weighted by Crippen LogP contribution is 2.20. The monoisotopic (exact) mass is 278 g/mol. The van der Waals surface area contributed by atoms with Gasteiger partial charge >= 0.3 is 0 Å². The number of nitrogens with zero attached hydrogens (tertiary/aromatic N) is 1. The van der Waals surface area contributed by atoms with Crippen LogP contribution < -0.4 is 4.72 Å². The number of sulfonamides is 1. The van der Waals surface area contributed by atoms with Crippen LogP contribution in [0.1, 0.15) is 13.8 Å². The fraction of sp³-hybridized carbons (Fsp3) is 0.500. The van der Waals surface area contributed by atoms with Gasteiger partial charge in [-0.2, -0.15) is 0 Å². The van der Waals surface area contributed by atoms with E-state index in [0.29, 0.717) is 0 Å². The molecule has 96 valence electrons. The predicted octanol–water partition coefficient (Wildman–Crippen LogP) is 1.03. The Kier molecular flexibility index (Phi) is 4.48. The fourth-order valence-electron chi connectivity index (χ4n) is 0.985. The van der Waals surface area contributed by atoms with Crippen LogP contribution in [0.3, 0.4) is 0 Å². The van der Waals surface area contributed by atoms with Gasteiger partial charge in [0.1, 0.15) is 4.90 Å². The second kappa shape index (κ2) is 5.30. The van der Waals surface area contributed by atoms with Gasteiger partial charge in [0.25, 0.3) is 0 Å². The van der Waals surface area contributed by atoms with E-state index in [1.165, 1.54) is 18.5 Å². The molecule has 0 aliphatic rings. The Morgan fingerprint density at radius 1 is 1.53 bits per heavy atom. The third kappa shape index (κ3) is 3.92. The summed E-state index contributed by atoms with van der Waals surface area (Å²) >= 11 is 5.78. The van der Waals surface area contributed by atoms with E-state index < -0.39 is 15.4 Å². The van der Waals surface area contributed by atoms with E-state index in [2.05, 4.69) is 9.71 Å². The van der Waals surface area contributed by atoms with Crippen LogP contribution >= 0.6 is 11.6 Å². The number of rotatable bonds is 5. The lowest BCUT2D eigenvalue weighted by Crippen LogP contribution is -2.36. The SMILES string of the molecule is CC(C)(CO)CNS(=O)(=O)c1cnccc1Cl. The summed E-state index contributed by atoms with van der Waals surface area (Å²) in [5, 5.41) is 9.16. The summed E-state index contributed by atoms with van der Waals surface area (Å²) in [6.07, 6.45) is 2.61. The van der Waals surface area contributed by atoms with E-state index in [4.69, 9.17) is 16.7 Å². The number of hydrogen-bond acceptors (Lipinski definition) is 4. The van der Waals surface area contributed by atoms with Gasteiger partial charge in [-0.05, 0) is 6.07 Å².